The van der Waals surface area contributed by atoms with Crippen LogP contribution in [0.5, 0.6) is 0 Å². The van der Waals surface area contributed by atoms with Crippen molar-refractivity contribution in [3.8, 4) is 0 Å². The molecule has 0 unspecified atom stereocenters. The third kappa shape index (κ3) is 1.14. The fourth-order valence-corrected chi connectivity index (χ4v) is 0.884. The van der Waals surface area contributed by atoms with Crippen LogP contribution in [0.15, 0.2) is 6.07 Å². The van der Waals surface area contributed by atoms with E-state index < -0.39 is 0 Å². The van der Waals surface area contributed by atoms with Gasteiger partial charge in [-0.3, -0.25) is 0 Å². The average Bonchev–Trinajstić information content (AvgIpc) is 1.87. The molecule has 0 aromatic carbocycles. The van der Waals surface area contributed by atoms with E-state index in [0.29, 0.717) is 4.34 Å². The fraction of sp³-hybridized carbons (Fsp3) is 0. The maximum absolute atomic E-state index is 11.8. The third-order valence-corrected chi connectivity index (χ3v) is 1.44. The van der Waals surface area contributed by atoms with E-state index in [1.807, 2.05) is 0 Å². The molecule has 1 heterocycles. The van der Waals surface area contributed by atoms with E-state index in [1.165, 1.54) is 6.07 Å². The Morgan fingerprint density at radius 3 is 2.71 bits per heavy atom. The standard InChI is InChI=1S/C4HClFS/c5-4-1-3(6)2-7-4/h1H. The molecule has 1 radical (unpaired) electrons. The van der Waals surface area contributed by atoms with Crippen molar-refractivity contribution in [1.29, 1.82) is 0 Å². The lowest BCUT2D eigenvalue weighted by Gasteiger charge is -1.64. The summed E-state index contributed by atoms with van der Waals surface area (Å²) in [6, 6.07) is 1.23. The predicted octanol–water partition coefficient (Wildman–Crippen LogP) is 2.34. The second kappa shape index (κ2) is 1.80. The quantitative estimate of drug-likeness (QED) is 0.512. The van der Waals surface area contributed by atoms with Gasteiger partial charge in [-0.05, 0) is 0 Å². The van der Waals surface area contributed by atoms with Gasteiger partial charge in [0.2, 0.25) is 0 Å². The highest BCUT2D eigenvalue weighted by Gasteiger charge is 1.91. The Bertz CT molecular complexity index is 144. The smallest absolute Gasteiger partial charge is 0.144 e. The Labute approximate surface area is 49.5 Å². The minimum atomic E-state index is -0.380. The first-order valence-electron chi connectivity index (χ1n) is 1.61. The zero-order valence-corrected chi connectivity index (χ0v) is 4.81. The monoisotopic (exact) mass is 135 g/mol. The fourth-order valence-electron chi connectivity index (χ4n) is 0.256. The molecule has 0 atom stereocenters. The minimum absolute atomic E-state index is 0.380. The largest absolute Gasteiger partial charge is 0.205 e. The lowest BCUT2D eigenvalue weighted by Crippen LogP contribution is -1.51. The van der Waals surface area contributed by atoms with Gasteiger partial charge in [0.25, 0.3) is 0 Å². The van der Waals surface area contributed by atoms with Crippen LogP contribution in [0.4, 0.5) is 4.39 Å². The van der Waals surface area contributed by atoms with Gasteiger partial charge in [0.1, 0.15) is 5.82 Å². The van der Waals surface area contributed by atoms with Gasteiger partial charge in [-0.1, -0.05) is 11.6 Å². The molecule has 0 bridgehead atoms. The van der Waals surface area contributed by atoms with Gasteiger partial charge in [-0.2, -0.15) is 0 Å². The molecule has 1 rings (SSSR count). The molecule has 0 aliphatic heterocycles. The van der Waals surface area contributed by atoms with Crippen molar-refractivity contribution >= 4 is 22.9 Å². The Morgan fingerprint density at radius 2 is 2.57 bits per heavy atom. The van der Waals surface area contributed by atoms with Gasteiger partial charge in [0, 0.05) is 6.07 Å². The molecule has 1 aromatic rings. The first kappa shape index (κ1) is 5.06. The summed E-state index contributed by atoms with van der Waals surface area (Å²) in [5.41, 5.74) is 0. The molecule has 7 heavy (non-hydrogen) atoms. The Balaban J connectivity index is 3.04. The van der Waals surface area contributed by atoms with Crippen molar-refractivity contribution < 1.29 is 4.39 Å². The zero-order valence-electron chi connectivity index (χ0n) is 3.24. The number of hydrogen-bond acceptors (Lipinski definition) is 1. The van der Waals surface area contributed by atoms with Crippen molar-refractivity contribution in [2.75, 3.05) is 0 Å². The van der Waals surface area contributed by atoms with Crippen LogP contribution >= 0.6 is 22.9 Å². The van der Waals surface area contributed by atoms with Gasteiger partial charge in [0.05, 0.1) is 9.72 Å². The molecule has 0 N–H and O–H groups in total. The van der Waals surface area contributed by atoms with E-state index >= 15 is 0 Å². The van der Waals surface area contributed by atoms with Crippen molar-refractivity contribution in [2.45, 2.75) is 0 Å². The molecule has 0 spiro atoms. The zero-order chi connectivity index (χ0) is 5.28. The lowest BCUT2D eigenvalue weighted by atomic mass is 10.6. The van der Waals surface area contributed by atoms with E-state index in [0.717, 1.165) is 11.3 Å². The molecule has 0 amide bonds. The molecule has 3 heteroatoms. The van der Waals surface area contributed by atoms with E-state index in [4.69, 9.17) is 11.6 Å². The van der Waals surface area contributed by atoms with Gasteiger partial charge in [-0.15, -0.1) is 11.3 Å². The van der Waals surface area contributed by atoms with Crippen molar-refractivity contribution in [1.82, 2.24) is 0 Å². The molecule has 0 nitrogen and oxygen atoms in total. The average molecular weight is 136 g/mol. The normalized spacial score (nSPS) is 9.43. The van der Waals surface area contributed by atoms with Gasteiger partial charge in [-0.25, -0.2) is 4.39 Å². The van der Waals surface area contributed by atoms with Crippen LogP contribution in [0.2, 0.25) is 4.34 Å². The molecule has 1 aromatic heterocycles. The summed E-state index contributed by atoms with van der Waals surface area (Å²) in [5, 5.41) is 2.31. The van der Waals surface area contributed by atoms with Crippen LogP contribution in [-0.2, 0) is 0 Å². The maximum Gasteiger partial charge on any atom is 0.144 e. The predicted molar refractivity (Wildman–Crippen MR) is 28.1 cm³/mol. The highest BCUT2D eigenvalue weighted by atomic mass is 35.5. The summed E-state index contributed by atoms with van der Waals surface area (Å²) in [4.78, 5) is 0. The highest BCUT2D eigenvalue weighted by Crippen LogP contribution is 2.16. The van der Waals surface area contributed by atoms with E-state index in [2.05, 4.69) is 5.38 Å². The summed E-state index contributed by atoms with van der Waals surface area (Å²) >= 11 is 6.38. The third-order valence-electron chi connectivity index (χ3n) is 0.486. The Kier molecular flexibility index (Phi) is 1.30. The molecular formula is C4HClFS. The molecule has 0 saturated heterocycles. The Hall–Kier alpha value is -0.0800. The summed E-state index contributed by atoms with van der Waals surface area (Å²) < 4.78 is 12.2. The second-order valence-electron chi connectivity index (χ2n) is 1.00. The first-order valence-corrected chi connectivity index (χ1v) is 2.81. The Morgan fingerprint density at radius 1 is 1.86 bits per heavy atom. The van der Waals surface area contributed by atoms with E-state index in [1.54, 1.807) is 0 Å². The van der Waals surface area contributed by atoms with Crippen LogP contribution in [0.3, 0.4) is 0 Å². The maximum atomic E-state index is 11.8. The van der Waals surface area contributed by atoms with Crippen molar-refractivity contribution in [3.05, 3.63) is 21.6 Å². The highest BCUT2D eigenvalue weighted by molar-refractivity contribution is 7.13. The van der Waals surface area contributed by atoms with Crippen molar-refractivity contribution in [3.63, 3.8) is 0 Å². The second-order valence-corrected chi connectivity index (χ2v) is 2.48. The number of thiophene rings is 1. The van der Waals surface area contributed by atoms with Crippen LogP contribution in [0.1, 0.15) is 0 Å². The first-order chi connectivity index (χ1) is 3.29. The van der Waals surface area contributed by atoms with Gasteiger partial charge in [0.15, 0.2) is 0 Å². The summed E-state index contributed by atoms with van der Waals surface area (Å²) in [6.45, 7) is 0. The lowest BCUT2D eigenvalue weighted by molar-refractivity contribution is 0.631. The van der Waals surface area contributed by atoms with Gasteiger partial charge >= 0.3 is 0 Å². The summed E-state index contributed by atoms with van der Waals surface area (Å²) in [6.07, 6.45) is 0. The number of rotatable bonds is 0. The molecular weight excluding hydrogens is 135 g/mol. The molecule has 0 saturated carbocycles. The minimum Gasteiger partial charge on any atom is -0.205 e. The van der Waals surface area contributed by atoms with Crippen LogP contribution in [0, 0.1) is 11.2 Å². The molecule has 0 aliphatic rings. The SMILES string of the molecule is Fc1[c]sc(Cl)c1. The van der Waals surface area contributed by atoms with Crippen molar-refractivity contribution in [2.24, 2.45) is 0 Å². The van der Waals surface area contributed by atoms with Crippen LogP contribution in [0.25, 0.3) is 0 Å². The number of hydrogen-bond donors (Lipinski definition) is 0. The van der Waals surface area contributed by atoms with Gasteiger partial charge < -0.3 is 0 Å². The number of halogens is 2. The molecule has 0 fully saturated rings. The van der Waals surface area contributed by atoms with E-state index in [9.17, 15) is 4.39 Å². The van der Waals surface area contributed by atoms with Crippen LogP contribution < -0.4 is 0 Å². The summed E-state index contributed by atoms with van der Waals surface area (Å²) in [5.74, 6) is -0.380. The molecule has 37 valence electrons. The topological polar surface area (TPSA) is 0 Å². The van der Waals surface area contributed by atoms with E-state index in [-0.39, 0.29) is 5.82 Å². The molecule has 0 aliphatic carbocycles. The van der Waals surface area contributed by atoms with Crippen LogP contribution in [-0.4, -0.2) is 0 Å². The summed E-state index contributed by atoms with van der Waals surface area (Å²) in [7, 11) is 0.